The number of rotatable bonds is 6. The fraction of sp³-hybridized carbons (Fsp3) is 0.609. The van der Waals surface area contributed by atoms with Crippen LogP contribution in [-0.2, 0) is 11.3 Å². The molecule has 4 rings (SSSR count). The fourth-order valence-electron chi connectivity index (χ4n) is 4.70. The highest BCUT2D eigenvalue weighted by Gasteiger charge is 2.27. The molecule has 152 valence electrons. The van der Waals surface area contributed by atoms with Crippen LogP contribution in [0.2, 0.25) is 0 Å². The van der Waals surface area contributed by atoms with E-state index in [1.807, 2.05) is 6.07 Å². The standard InChI is InChI=1S/C23H33N3O2/c1-23(2,17-25-11-5-6-12-25)24-22(27)20-16-26(15-18-9-13-28-14-10-18)21-8-4-3-7-19(20)21/h3-4,7-8,16,18H,5-6,9-15,17H2,1-2H3,(H,24,27). The van der Waals surface area contributed by atoms with Gasteiger partial charge in [-0.05, 0) is 64.6 Å². The van der Waals surface area contributed by atoms with E-state index >= 15 is 0 Å². The summed E-state index contributed by atoms with van der Waals surface area (Å²) >= 11 is 0. The second-order valence-corrected chi connectivity index (χ2v) is 9.09. The Bertz CT molecular complexity index is 814. The smallest absolute Gasteiger partial charge is 0.253 e. The first-order valence-corrected chi connectivity index (χ1v) is 10.7. The van der Waals surface area contributed by atoms with Crippen LogP contribution in [0.25, 0.3) is 10.9 Å². The van der Waals surface area contributed by atoms with E-state index in [9.17, 15) is 4.79 Å². The largest absolute Gasteiger partial charge is 0.381 e. The molecule has 0 bridgehead atoms. The number of hydrogen-bond donors (Lipinski definition) is 1. The molecule has 2 saturated heterocycles. The predicted molar refractivity (Wildman–Crippen MR) is 113 cm³/mol. The summed E-state index contributed by atoms with van der Waals surface area (Å²) in [4.78, 5) is 15.6. The molecule has 1 aromatic heterocycles. The number of para-hydroxylation sites is 1. The molecule has 0 atom stereocenters. The fourth-order valence-corrected chi connectivity index (χ4v) is 4.70. The van der Waals surface area contributed by atoms with Gasteiger partial charge in [-0.3, -0.25) is 4.79 Å². The third-order valence-corrected chi connectivity index (χ3v) is 6.10. The second-order valence-electron chi connectivity index (χ2n) is 9.09. The maximum Gasteiger partial charge on any atom is 0.253 e. The van der Waals surface area contributed by atoms with Gasteiger partial charge in [0.05, 0.1) is 5.56 Å². The lowest BCUT2D eigenvalue weighted by Gasteiger charge is -2.31. The first kappa shape index (κ1) is 19.5. The molecule has 0 radical (unpaired) electrons. The highest BCUT2D eigenvalue weighted by molar-refractivity contribution is 6.07. The summed E-state index contributed by atoms with van der Waals surface area (Å²) in [5, 5.41) is 4.34. The molecule has 5 nitrogen and oxygen atoms in total. The Balaban J connectivity index is 1.53. The zero-order chi connectivity index (χ0) is 19.6. The Morgan fingerprint density at radius 3 is 2.64 bits per heavy atom. The summed E-state index contributed by atoms with van der Waals surface area (Å²) in [6, 6.07) is 8.27. The minimum atomic E-state index is -0.245. The lowest BCUT2D eigenvalue weighted by Crippen LogP contribution is -2.50. The number of nitrogens with one attached hydrogen (secondary N) is 1. The number of hydrogen-bond acceptors (Lipinski definition) is 3. The van der Waals surface area contributed by atoms with E-state index < -0.39 is 0 Å². The first-order chi connectivity index (χ1) is 13.5. The van der Waals surface area contributed by atoms with Crippen LogP contribution in [0.4, 0.5) is 0 Å². The van der Waals surface area contributed by atoms with Crippen molar-refractivity contribution in [3.63, 3.8) is 0 Å². The van der Waals surface area contributed by atoms with Crippen molar-refractivity contribution in [2.24, 2.45) is 5.92 Å². The normalized spacial score (nSPS) is 19.4. The molecule has 1 aromatic carbocycles. The van der Waals surface area contributed by atoms with Gasteiger partial charge in [0.15, 0.2) is 0 Å². The molecule has 1 amide bonds. The second kappa shape index (κ2) is 8.26. The number of amides is 1. The van der Waals surface area contributed by atoms with Crippen LogP contribution in [0.15, 0.2) is 30.5 Å². The minimum Gasteiger partial charge on any atom is -0.381 e. The van der Waals surface area contributed by atoms with Crippen molar-refractivity contribution in [1.82, 2.24) is 14.8 Å². The van der Waals surface area contributed by atoms with Gasteiger partial charge >= 0.3 is 0 Å². The van der Waals surface area contributed by atoms with E-state index in [2.05, 4.69) is 53.0 Å². The molecule has 0 saturated carbocycles. The molecule has 2 fully saturated rings. The summed E-state index contributed by atoms with van der Waals surface area (Å²) < 4.78 is 7.77. The van der Waals surface area contributed by atoms with Crippen LogP contribution in [0.3, 0.4) is 0 Å². The van der Waals surface area contributed by atoms with Gasteiger partial charge in [-0.2, -0.15) is 0 Å². The SMILES string of the molecule is CC(C)(CN1CCCC1)NC(=O)c1cn(CC2CCOCC2)c2ccccc12. The Hall–Kier alpha value is -1.85. The van der Waals surface area contributed by atoms with Crippen molar-refractivity contribution in [2.75, 3.05) is 32.8 Å². The van der Waals surface area contributed by atoms with Crippen LogP contribution in [-0.4, -0.2) is 53.8 Å². The summed E-state index contributed by atoms with van der Waals surface area (Å²) in [7, 11) is 0. The molecule has 28 heavy (non-hydrogen) atoms. The Morgan fingerprint density at radius 1 is 1.18 bits per heavy atom. The quantitative estimate of drug-likeness (QED) is 0.828. The van der Waals surface area contributed by atoms with E-state index in [-0.39, 0.29) is 11.4 Å². The number of benzene rings is 1. The van der Waals surface area contributed by atoms with Crippen LogP contribution >= 0.6 is 0 Å². The summed E-state index contributed by atoms with van der Waals surface area (Å²) in [6.07, 6.45) is 6.78. The van der Waals surface area contributed by atoms with Crippen molar-refractivity contribution >= 4 is 16.8 Å². The van der Waals surface area contributed by atoms with E-state index in [4.69, 9.17) is 4.74 Å². The highest BCUT2D eigenvalue weighted by Crippen LogP contribution is 2.26. The monoisotopic (exact) mass is 383 g/mol. The lowest BCUT2D eigenvalue weighted by molar-refractivity contribution is 0.0616. The molecule has 0 spiro atoms. The molecule has 3 heterocycles. The third-order valence-electron chi connectivity index (χ3n) is 6.10. The number of aromatic nitrogens is 1. The number of nitrogens with zero attached hydrogens (tertiary/aromatic N) is 2. The van der Waals surface area contributed by atoms with E-state index in [0.717, 1.165) is 68.7 Å². The number of fused-ring (bicyclic) bond motifs is 1. The van der Waals surface area contributed by atoms with E-state index in [1.165, 1.54) is 12.8 Å². The van der Waals surface area contributed by atoms with Crippen molar-refractivity contribution in [1.29, 1.82) is 0 Å². The topological polar surface area (TPSA) is 46.5 Å². The van der Waals surface area contributed by atoms with Crippen LogP contribution in [0.1, 0.15) is 49.9 Å². The maximum atomic E-state index is 13.2. The highest BCUT2D eigenvalue weighted by atomic mass is 16.5. The number of ether oxygens (including phenoxy) is 1. The van der Waals surface area contributed by atoms with Crippen LogP contribution in [0, 0.1) is 5.92 Å². The summed E-state index contributed by atoms with van der Waals surface area (Å²) in [5.74, 6) is 0.651. The average Bonchev–Trinajstić information content (AvgIpc) is 3.30. The maximum absolute atomic E-state index is 13.2. The Labute approximate surface area is 168 Å². The van der Waals surface area contributed by atoms with Gasteiger partial charge in [0.2, 0.25) is 0 Å². The molecule has 0 aliphatic carbocycles. The van der Waals surface area contributed by atoms with E-state index in [0.29, 0.717) is 5.92 Å². The predicted octanol–water partition coefficient (Wildman–Crippen LogP) is 3.67. The molecule has 2 aliphatic heterocycles. The van der Waals surface area contributed by atoms with Crippen molar-refractivity contribution in [3.8, 4) is 0 Å². The molecule has 2 aromatic rings. The first-order valence-electron chi connectivity index (χ1n) is 10.7. The van der Waals surface area contributed by atoms with Crippen LogP contribution < -0.4 is 5.32 Å². The summed E-state index contributed by atoms with van der Waals surface area (Å²) in [5.41, 5.74) is 1.69. The van der Waals surface area contributed by atoms with Gasteiger partial charge in [0, 0.05) is 48.9 Å². The Morgan fingerprint density at radius 2 is 1.89 bits per heavy atom. The molecule has 0 unspecified atom stereocenters. The van der Waals surface area contributed by atoms with Crippen molar-refractivity contribution in [2.45, 2.75) is 51.6 Å². The number of carbonyl (C=O) groups is 1. The van der Waals surface area contributed by atoms with Gasteiger partial charge in [-0.25, -0.2) is 0 Å². The third kappa shape index (κ3) is 4.41. The molecular formula is C23H33N3O2. The zero-order valence-electron chi connectivity index (χ0n) is 17.2. The van der Waals surface area contributed by atoms with Gasteiger partial charge in [-0.15, -0.1) is 0 Å². The van der Waals surface area contributed by atoms with Crippen LogP contribution in [0.5, 0.6) is 0 Å². The summed E-state index contributed by atoms with van der Waals surface area (Å²) in [6.45, 7) is 10.1. The lowest BCUT2D eigenvalue weighted by atomic mass is 10.0. The minimum absolute atomic E-state index is 0.0334. The van der Waals surface area contributed by atoms with Gasteiger partial charge in [-0.1, -0.05) is 18.2 Å². The molecule has 1 N–H and O–H groups in total. The number of carbonyl (C=O) groups excluding carboxylic acids is 1. The van der Waals surface area contributed by atoms with Gasteiger partial charge in [0.25, 0.3) is 5.91 Å². The van der Waals surface area contributed by atoms with Crippen molar-refractivity contribution < 1.29 is 9.53 Å². The molecule has 2 aliphatic rings. The number of likely N-dealkylation sites (tertiary alicyclic amines) is 1. The average molecular weight is 384 g/mol. The van der Waals surface area contributed by atoms with E-state index in [1.54, 1.807) is 0 Å². The van der Waals surface area contributed by atoms with Gasteiger partial charge < -0.3 is 19.5 Å². The van der Waals surface area contributed by atoms with Gasteiger partial charge in [0.1, 0.15) is 0 Å². The molecular weight excluding hydrogens is 350 g/mol. The Kier molecular flexibility index (Phi) is 5.74. The van der Waals surface area contributed by atoms with Crippen molar-refractivity contribution in [3.05, 3.63) is 36.0 Å². The zero-order valence-corrected chi connectivity index (χ0v) is 17.2. The molecule has 5 heteroatoms.